The smallest absolute Gasteiger partial charge is 0.334 e. The van der Waals surface area contributed by atoms with Crippen molar-refractivity contribution in [2.45, 2.75) is 193 Å². The van der Waals surface area contributed by atoms with E-state index in [1.54, 1.807) is 0 Å². The maximum absolute atomic E-state index is 12.8. The Morgan fingerprint density at radius 3 is 0.896 bits per heavy atom. The molecule has 0 aromatic heterocycles. The minimum absolute atomic E-state index is 0.0633. The van der Waals surface area contributed by atoms with Gasteiger partial charge in [-0.05, 0) is 26.7 Å². The summed E-state index contributed by atoms with van der Waals surface area (Å²) in [4.78, 5) is 50.3. The number of carbonyl (C=O) groups is 4. The van der Waals surface area contributed by atoms with Crippen molar-refractivity contribution in [3.8, 4) is 0 Å². The second-order valence-corrected chi connectivity index (χ2v) is 16.1. The normalized spacial score (nSPS) is 13.9. The Kier molecular flexibility index (Phi) is 30.0. The number of nitrogens with two attached hydrogens (primary N) is 2. The van der Waals surface area contributed by atoms with Gasteiger partial charge in [0, 0.05) is 11.5 Å². The van der Waals surface area contributed by atoms with Crippen LogP contribution in [0.2, 0.25) is 0 Å². The molecule has 0 radical (unpaired) electrons. The summed E-state index contributed by atoms with van der Waals surface area (Å²) < 4.78 is 10.8. The van der Waals surface area contributed by atoms with E-state index in [1.807, 2.05) is 0 Å². The van der Waals surface area contributed by atoms with Crippen LogP contribution in [0.15, 0.2) is 0 Å². The van der Waals surface area contributed by atoms with Crippen LogP contribution in [0.4, 0.5) is 0 Å². The molecule has 0 rings (SSSR count). The minimum Gasteiger partial charge on any atom is -0.464 e. The highest BCUT2D eigenvalue weighted by Crippen LogP contribution is 2.30. The molecule has 2 unspecified atom stereocenters. The molecule has 0 spiro atoms. The minimum atomic E-state index is -1.81. The van der Waals surface area contributed by atoms with Crippen LogP contribution in [-0.2, 0) is 28.7 Å². The van der Waals surface area contributed by atoms with Crippen LogP contribution in [-0.4, -0.2) is 59.3 Å². The number of Topliss-reactive ketones (excluding diaryl/α,β-unsaturated/α-hetero) is 2. The zero-order valence-corrected chi connectivity index (χ0v) is 32.9. The van der Waals surface area contributed by atoms with Crippen LogP contribution < -0.4 is 11.5 Å². The van der Waals surface area contributed by atoms with Gasteiger partial charge in [0.1, 0.15) is 0 Å². The molecule has 4 N–H and O–H groups in total. The lowest BCUT2D eigenvalue weighted by molar-refractivity contribution is -0.154. The predicted molar refractivity (Wildman–Crippen MR) is 204 cm³/mol. The third kappa shape index (κ3) is 22.6. The number of esters is 2. The van der Waals surface area contributed by atoms with Crippen molar-refractivity contribution in [3.63, 3.8) is 0 Å². The largest absolute Gasteiger partial charge is 0.464 e. The Morgan fingerprint density at radius 1 is 0.438 bits per heavy atom. The summed E-state index contributed by atoms with van der Waals surface area (Å²) in [7, 11) is 2.24. The van der Waals surface area contributed by atoms with Crippen molar-refractivity contribution < 1.29 is 28.7 Å². The highest BCUT2D eigenvalue weighted by atomic mass is 33.1. The Balaban J connectivity index is 4.25. The van der Waals surface area contributed by atoms with Gasteiger partial charge in [-0.2, -0.15) is 0 Å². The SMILES string of the molecule is CCCCCCCCCCCCCCOC(=O)C(N)(CSSCC(N)(C(C)=O)C(=O)OCCCCCCCCCCCCCC)C(C)=O. The average Bonchev–Trinajstić information content (AvgIpc) is 3.06. The maximum Gasteiger partial charge on any atom is 0.334 e. The average molecular weight is 717 g/mol. The first-order chi connectivity index (χ1) is 23.1. The zero-order chi connectivity index (χ0) is 35.9. The summed E-state index contributed by atoms with van der Waals surface area (Å²) in [5, 5.41) is 0. The van der Waals surface area contributed by atoms with Gasteiger partial charge in [0.2, 0.25) is 0 Å². The molecule has 8 nitrogen and oxygen atoms in total. The first-order valence-corrected chi connectivity index (χ1v) is 21.7. The molecule has 282 valence electrons. The van der Waals surface area contributed by atoms with Gasteiger partial charge in [0.25, 0.3) is 0 Å². The molecule has 0 aromatic carbocycles. The number of hydrogen-bond donors (Lipinski definition) is 2. The van der Waals surface area contributed by atoms with Crippen LogP contribution in [0.3, 0.4) is 0 Å². The fourth-order valence-electron chi connectivity index (χ4n) is 5.35. The summed E-state index contributed by atoms with van der Waals surface area (Å²) in [6.45, 7) is 7.46. The van der Waals surface area contributed by atoms with Crippen LogP contribution in [0.25, 0.3) is 0 Å². The van der Waals surface area contributed by atoms with Crippen LogP contribution >= 0.6 is 21.6 Å². The monoisotopic (exact) mass is 716 g/mol. The molecule has 0 amide bonds. The van der Waals surface area contributed by atoms with Crippen molar-refractivity contribution in [1.82, 2.24) is 0 Å². The number of ketones is 2. The maximum atomic E-state index is 12.8. The van der Waals surface area contributed by atoms with Gasteiger partial charge in [-0.3, -0.25) is 9.59 Å². The predicted octanol–water partition coefficient (Wildman–Crippen LogP) is 9.43. The summed E-state index contributed by atoms with van der Waals surface area (Å²) >= 11 is 0. The van der Waals surface area contributed by atoms with E-state index >= 15 is 0 Å². The molecule has 10 heteroatoms. The van der Waals surface area contributed by atoms with Gasteiger partial charge in [-0.25, -0.2) is 9.59 Å². The summed E-state index contributed by atoms with van der Waals surface area (Å²) in [6.07, 6.45) is 28.9. The molecular weight excluding hydrogens is 645 g/mol. The molecule has 0 aromatic rings. The van der Waals surface area contributed by atoms with Gasteiger partial charge in [-0.1, -0.05) is 177 Å². The third-order valence-corrected chi connectivity index (χ3v) is 11.6. The van der Waals surface area contributed by atoms with Gasteiger partial charge in [-0.15, -0.1) is 0 Å². The lowest BCUT2D eigenvalue weighted by atomic mass is 9.99. The van der Waals surface area contributed by atoms with Gasteiger partial charge in [0.05, 0.1) is 13.2 Å². The van der Waals surface area contributed by atoms with Crippen molar-refractivity contribution in [3.05, 3.63) is 0 Å². The summed E-state index contributed by atoms with van der Waals surface area (Å²) in [5.74, 6) is -2.62. The zero-order valence-electron chi connectivity index (χ0n) is 31.2. The Labute approximate surface area is 301 Å². The van der Waals surface area contributed by atoms with Gasteiger partial charge < -0.3 is 20.9 Å². The van der Waals surface area contributed by atoms with Crippen LogP contribution in [0.5, 0.6) is 0 Å². The van der Waals surface area contributed by atoms with Crippen LogP contribution in [0.1, 0.15) is 182 Å². The van der Waals surface area contributed by atoms with E-state index in [0.717, 1.165) is 60.1 Å². The topological polar surface area (TPSA) is 139 Å². The van der Waals surface area contributed by atoms with E-state index in [-0.39, 0.29) is 24.7 Å². The highest BCUT2D eigenvalue weighted by Gasteiger charge is 2.43. The first-order valence-electron chi connectivity index (χ1n) is 19.2. The molecule has 0 saturated heterocycles. The quantitative estimate of drug-likeness (QED) is 0.0282. The molecule has 48 heavy (non-hydrogen) atoms. The number of carbonyl (C=O) groups excluding carboxylic acids is 4. The number of rotatable bonds is 35. The third-order valence-electron chi connectivity index (χ3n) is 9.10. The molecule has 0 aliphatic rings. The Morgan fingerprint density at radius 2 is 0.667 bits per heavy atom. The fourth-order valence-corrected chi connectivity index (χ4v) is 8.15. The molecule has 0 aliphatic heterocycles. The van der Waals surface area contributed by atoms with Crippen LogP contribution in [0, 0.1) is 0 Å². The molecule has 2 atom stereocenters. The molecule has 0 aliphatic carbocycles. The summed E-state index contributed by atoms with van der Waals surface area (Å²) in [5.41, 5.74) is 8.81. The van der Waals surface area contributed by atoms with E-state index in [2.05, 4.69) is 13.8 Å². The van der Waals surface area contributed by atoms with Gasteiger partial charge >= 0.3 is 11.9 Å². The molecule has 0 bridgehead atoms. The van der Waals surface area contributed by atoms with Crippen molar-refractivity contribution in [1.29, 1.82) is 0 Å². The first kappa shape index (κ1) is 46.9. The Bertz CT molecular complexity index is 793. The second-order valence-electron chi connectivity index (χ2n) is 13.6. The molecular formula is C38H72N2O6S2. The van der Waals surface area contributed by atoms with Gasteiger partial charge in [0.15, 0.2) is 22.6 Å². The van der Waals surface area contributed by atoms with Crippen molar-refractivity contribution >= 4 is 45.1 Å². The molecule has 0 fully saturated rings. The molecule has 0 heterocycles. The summed E-state index contributed by atoms with van der Waals surface area (Å²) in [6, 6.07) is 0. The van der Waals surface area contributed by atoms with E-state index in [9.17, 15) is 19.2 Å². The van der Waals surface area contributed by atoms with Crippen molar-refractivity contribution in [2.75, 3.05) is 24.7 Å². The van der Waals surface area contributed by atoms with E-state index < -0.39 is 34.6 Å². The number of unbranched alkanes of at least 4 members (excludes halogenated alkanes) is 22. The standard InChI is InChI=1S/C38H72N2O6S2/c1-5-7-9-11-13-15-17-19-21-23-25-27-29-45-35(43)37(39,33(3)41)31-47-48-32-38(40,34(4)42)36(44)46-30-28-26-24-22-20-18-16-14-12-10-8-6-2/h5-32,39-40H2,1-4H3. The van der Waals surface area contributed by atoms with E-state index in [0.29, 0.717) is 0 Å². The lowest BCUT2D eigenvalue weighted by Crippen LogP contribution is -2.58. The second kappa shape index (κ2) is 30.7. The van der Waals surface area contributed by atoms with E-state index in [1.165, 1.54) is 129 Å². The number of hydrogen-bond acceptors (Lipinski definition) is 10. The van der Waals surface area contributed by atoms with Crippen molar-refractivity contribution in [2.24, 2.45) is 11.5 Å². The number of ether oxygens (including phenoxy) is 2. The van der Waals surface area contributed by atoms with E-state index in [4.69, 9.17) is 20.9 Å². The highest BCUT2D eigenvalue weighted by molar-refractivity contribution is 8.76. The lowest BCUT2D eigenvalue weighted by Gasteiger charge is -2.26. The fraction of sp³-hybridized carbons (Fsp3) is 0.895. The Hall–Kier alpha value is -1.10. The molecule has 0 saturated carbocycles.